The predicted octanol–water partition coefficient (Wildman–Crippen LogP) is 5.32. The molecule has 12 nitrogen and oxygen atoms in total. The molecule has 0 amide bonds. The first-order chi connectivity index (χ1) is 18.1. The van der Waals surface area contributed by atoms with E-state index in [-0.39, 0.29) is 36.5 Å². The molecular weight excluding hydrogens is 526 g/mol. The van der Waals surface area contributed by atoms with Crippen LogP contribution in [0.1, 0.15) is 74.8 Å². The van der Waals surface area contributed by atoms with Crippen LogP contribution in [0.15, 0.2) is 18.2 Å². The van der Waals surface area contributed by atoms with Gasteiger partial charge in [-0.15, -0.1) is 0 Å². The van der Waals surface area contributed by atoms with Crippen LogP contribution in [0.5, 0.6) is 11.5 Å². The molecule has 1 rings (SSSR count). The molecule has 0 aromatic heterocycles. The summed E-state index contributed by atoms with van der Waals surface area (Å²) in [6.45, 7) is 17.2. The fraction of sp³-hybridized carbons (Fsp3) is 0.643. The maximum atomic E-state index is 12.4. The zero-order chi connectivity index (χ0) is 30.9. The second kappa shape index (κ2) is 14.2. The molecule has 0 bridgehead atoms. The molecule has 0 heterocycles. The lowest BCUT2D eigenvalue weighted by molar-refractivity contribution is -0.148. The SMILES string of the molecule is C[C@@H](COC(=O)[C@@H](N)Cc1ccc(OC(=O)OC(C)(C)C)c(OC(=O)OC(C)(C)C)c1)OC(=O)OCC(C)(C)C. The molecule has 0 spiro atoms. The molecule has 2 atom stereocenters. The molecule has 2 N–H and O–H groups in total. The van der Waals surface area contributed by atoms with Crippen molar-refractivity contribution in [1.29, 1.82) is 0 Å². The lowest BCUT2D eigenvalue weighted by Gasteiger charge is -2.21. The summed E-state index contributed by atoms with van der Waals surface area (Å²) in [6.07, 6.45) is -3.68. The van der Waals surface area contributed by atoms with E-state index in [9.17, 15) is 19.2 Å². The van der Waals surface area contributed by atoms with Gasteiger partial charge in [0.1, 0.15) is 30.0 Å². The van der Waals surface area contributed by atoms with Gasteiger partial charge in [-0.1, -0.05) is 26.8 Å². The molecular formula is C28H43NO11. The van der Waals surface area contributed by atoms with E-state index in [0.717, 1.165) is 0 Å². The van der Waals surface area contributed by atoms with Crippen molar-refractivity contribution in [1.82, 2.24) is 0 Å². The van der Waals surface area contributed by atoms with Gasteiger partial charge in [0.15, 0.2) is 11.5 Å². The van der Waals surface area contributed by atoms with E-state index in [4.69, 9.17) is 38.9 Å². The molecule has 1 aromatic rings. The molecule has 0 saturated heterocycles. The molecule has 226 valence electrons. The number of nitrogens with two attached hydrogens (primary N) is 1. The van der Waals surface area contributed by atoms with Crippen LogP contribution in [0.25, 0.3) is 0 Å². The van der Waals surface area contributed by atoms with Crippen molar-refractivity contribution in [2.24, 2.45) is 11.1 Å². The number of ether oxygens (including phenoxy) is 7. The topological polar surface area (TPSA) is 159 Å². The Hall–Kier alpha value is -3.54. The van der Waals surface area contributed by atoms with Gasteiger partial charge in [-0.25, -0.2) is 14.4 Å². The smallest absolute Gasteiger partial charge is 0.461 e. The zero-order valence-corrected chi connectivity index (χ0v) is 25.1. The normalized spacial score (nSPS) is 13.4. The molecule has 12 heteroatoms. The third-order valence-electron chi connectivity index (χ3n) is 4.31. The minimum atomic E-state index is -1.10. The standard InChI is InChI=1S/C28H43NO11/c1-17(36-23(31)35-16-26(2,3)4)15-34-22(30)19(29)13-18-11-12-20(37-24(32)39-27(5,6)7)21(14-18)38-25(33)40-28(8,9)10/h11-12,14,17,19H,13,15-16,29H2,1-10H3/t17-,19-/m0/s1. The number of hydrogen-bond donors (Lipinski definition) is 1. The van der Waals surface area contributed by atoms with E-state index in [2.05, 4.69) is 0 Å². The largest absolute Gasteiger partial charge is 0.514 e. The summed E-state index contributed by atoms with van der Waals surface area (Å²) >= 11 is 0. The fourth-order valence-corrected chi connectivity index (χ4v) is 2.72. The monoisotopic (exact) mass is 569 g/mol. The minimum Gasteiger partial charge on any atom is -0.461 e. The Morgan fingerprint density at radius 2 is 1.30 bits per heavy atom. The number of benzene rings is 1. The van der Waals surface area contributed by atoms with Gasteiger partial charge in [-0.2, -0.15) is 0 Å². The highest BCUT2D eigenvalue weighted by Crippen LogP contribution is 2.31. The molecule has 1 aromatic carbocycles. The second-order valence-corrected chi connectivity index (χ2v) is 12.4. The van der Waals surface area contributed by atoms with Crippen molar-refractivity contribution in [2.45, 2.75) is 99.0 Å². The molecule has 0 aliphatic heterocycles. The summed E-state index contributed by atoms with van der Waals surface area (Å²) in [5.74, 6) is -1.000. The van der Waals surface area contributed by atoms with Crippen molar-refractivity contribution in [2.75, 3.05) is 13.2 Å². The lowest BCUT2D eigenvalue weighted by atomic mass is 9.99. The molecule has 0 aliphatic carbocycles. The molecule has 40 heavy (non-hydrogen) atoms. The molecule has 0 unspecified atom stereocenters. The number of carbonyl (C=O) groups is 4. The molecule has 0 aliphatic rings. The van der Waals surface area contributed by atoms with E-state index >= 15 is 0 Å². The van der Waals surface area contributed by atoms with Crippen LogP contribution >= 0.6 is 0 Å². The highest BCUT2D eigenvalue weighted by Gasteiger charge is 2.25. The molecule has 0 saturated carbocycles. The highest BCUT2D eigenvalue weighted by molar-refractivity contribution is 5.76. The van der Waals surface area contributed by atoms with Crippen LogP contribution < -0.4 is 15.2 Å². The van der Waals surface area contributed by atoms with Crippen molar-refractivity contribution in [3.63, 3.8) is 0 Å². The first-order valence-corrected chi connectivity index (χ1v) is 12.8. The summed E-state index contributed by atoms with van der Waals surface area (Å²) < 4.78 is 36.1. The lowest BCUT2D eigenvalue weighted by Crippen LogP contribution is -2.36. The van der Waals surface area contributed by atoms with Gasteiger partial charge in [0.25, 0.3) is 0 Å². The van der Waals surface area contributed by atoms with E-state index < -0.39 is 47.8 Å². The summed E-state index contributed by atoms with van der Waals surface area (Å²) in [5.41, 5.74) is 4.60. The van der Waals surface area contributed by atoms with Gasteiger partial charge < -0.3 is 38.9 Å². The fourth-order valence-electron chi connectivity index (χ4n) is 2.72. The van der Waals surface area contributed by atoms with Gasteiger partial charge in [0, 0.05) is 0 Å². The summed E-state index contributed by atoms with van der Waals surface area (Å²) in [5, 5.41) is 0. The van der Waals surface area contributed by atoms with Crippen LogP contribution in [-0.4, -0.2) is 61.0 Å². The predicted molar refractivity (Wildman–Crippen MR) is 144 cm³/mol. The summed E-state index contributed by atoms with van der Waals surface area (Å²) in [7, 11) is 0. The maximum absolute atomic E-state index is 12.4. The van der Waals surface area contributed by atoms with Crippen molar-refractivity contribution in [3.05, 3.63) is 23.8 Å². The van der Waals surface area contributed by atoms with E-state index in [1.165, 1.54) is 18.2 Å². The third kappa shape index (κ3) is 15.2. The average Bonchev–Trinajstić information content (AvgIpc) is 2.74. The Morgan fingerprint density at radius 1 is 0.775 bits per heavy atom. The van der Waals surface area contributed by atoms with Crippen LogP contribution in [0.4, 0.5) is 14.4 Å². The Kier molecular flexibility index (Phi) is 12.2. The zero-order valence-electron chi connectivity index (χ0n) is 25.1. The van der Waals surface area contributed by atoms with Gasteiger partial charge in [0.2, 0.25) is 0 Å². The Morgan fingerprint density at radius 3 is 1.80 bits per heavy atom. The Bertz CT molecular complexity index is 1030. The van der Waals surface area contributed by atoms with Crippen molar-refractivity contribution >= 4 is 24.4 Å². The Labute approximate surface area is 235 Å². The number of rotatable bonds is 9. The van der Waals surface area contributed by atoms with Crippen molar-refractivity contribution < 1.29 is 52.3 Å². The average molecular weight is 570 g/mol. The quantitative estimate of drug-likeness (QED) is 0.232. The first kappa shape index (κ1) is 34.5. The summed E-state index contributed by atoms with van der Waals surface area (Å²) in [4.78, 5) is 48.7. The van der Waals surface area contributed by atoms with Crippen molar-refractivity contribution in [3.8, 4) is 11.5 Å². The van der Waals surface area contributed by atoms with Crippen LogP contribution in [-0.2, 0) is 34.9 Å². The third-order valence-corrected chi connectivity index (χ3v) is 4.31. The molecule has 0 radical (unpaired) electrons. The van der Waals surface area contributed by atoms with E-state index in [1.54, 1.807) is 48.5 Å². The number of esters is 1. The van der Waals surface area contributed by atoms with Gasteiger partial charge in [-0.3, -0.25) is 4.79 Å². The van der Waals surface area contributed by atoms with E-state index in [1.807, 2.05) is 20.8 Å². The molecule has 0 fully saturated rings. The van der Waals surface area contributed by atoms with E-state index in [0.29, 0.717) is 5.56 Å². The number of carbonyl (C=O) groups excluding carboxylic acids is 4. The van der Waals surface area contributed by atoms with Gasteiger partial charge in [-0.05, 0) is 78.0 Å². The van der Waals surface area contributed by atoms with Gasteiger partial charge >= 0.3 is 24.4 Å². The van der Waals surface area contributed by atoms with Crippen LogP contribution in [0.3, 0.4) is 0 Å². The number of hydrogen-bond acceptors (Lipinski definition) is 12. The maximum Gasteiger partial charge on any atom is 0.514 e. The summed E-state index contributed by atoms with van der Waals surface area (Å²) in [6, 6.07) is 3.18. The Balaban J connectivity index is 2.87. The first-order valence-electron chi connectivity index (χ1n) is 12.8. The minimum absolute atomic E-state index is 0.0148. The van der Waals surface area contributed by atoms with Gasteiger partial charge in [0.05, 0.1) is 6.61 Å². The van der Waals surface area contributed by atoms with Crippen LogP contribution in [0.2, 0.25) is 0 Å². The highest BCUT2D eigenvalue weighted by atomic mass is 16.8. The van der Waals surface area contributed by atoms with Crippen LogP contribution in [0, 0.1) is 5.41 Å². The second-order valence-electron chi connectivity index (χ2n) is 12.4.